The van der Waals surface area contributed by atoms with Gasteiger partial charge in [0.1, 0.15) is 11.6 Å². The average molecular weight is 659 g/mol. The van der Waals surface area contributed by atoms with Gasteiger partial charge in [-0.25, -0.2) is 0 Å². The van der Waals surface area contributed by atoms with Crippen LogP contribution < -0.4 is 37.7 Å². The minimum Gasteiger partial charge on any atom is -0.494 e. The summed E-state index contributed by atoms with van der Waals surface area (Å²) in [5.74, 6) is 1.14. The van der Waals surface area contributed by atoms with Crippen molar-refractivity contribution >= 4 is 29.3 Å². The van der Waals surface area contributed by atoms with Crippen molar-refractivity contribution in [2.45, 2.75) is 46.6 Å². The molecule has 2 aliphatic rings. The monoisotopic (exact) mass is 658 g/mol. The molecule has 2 heterocycles. The predicted octanol–water partition coefficient (Wildman–Crippen LogP) is 3.58. The molecule has 1 aliphatic carbocycles. The van der Waals surface area contributed by atoms with Crippen molar-refractivity contribution in [3.63, 3.8) is 0 Å². The molecule has 0 bridgehead atoms. The number of anilines is 1. The van der Waals surface area contributed by atoms with Crippen LogP contribution in [0.5, 0.6) is 5.75 Å². The van der Waals surface area contributed by atoms with Gasteiger partial charge in [0.2, 0.25) is 12.3 Å². The summed E-state index contributed by atoms with van der Waals surface area (Å²) in [7, 11) is 4.97. The van der Waals surface area contributed by atoms with E-state index in [1.54, 1.807) is 45.0 Å². The molecule has 2 fully saturated rings. The summed E-state index contributed by atoms with van der Waals surface area (Å²) in [6.07, 6.45) is 12.7. The topological polar surface area (TPSA) is 169 Å². The highest BCUT2D eigenvalue weighted by atomic mass is 16.5. The number of benzene rings is 1. The molecule has 7 N–H and O–H groups in total. The van der Waals surface area contributed by atoms with Gasteiger partial charge in [0.25, 0.3) is 5.56 Å². The number of carbonyl (C=O) groups excluding carboxylic acids is 2. The maximum atomic E-state index is 12.4. The molecule has 0 unspecified atom stereocenters. The number of hydrogen-bond donors (Lipinski definition) is 5. The Morgan fingerprint density at radius 3 is 2.44 bits per heavy atom. The van der Waals surface area contributed by atoms with Crippen LogP contribution in [0, 0.1) is 11.8 Å². The number of aromatic nitrogens is 1. The zero-order valence-electron chi connectivity index (χ0n) is 28.9. The van der Waals surface area contributed by atoms with Crippen LogP contribution in [-0.2, 0) is 23.2 Å². The van der Waals surface area contributed by atoms with Crippen molar-refractivity contribution in [3.8, 4) is 5.75 Å². The second-order valence-corrected chi connectivity index (χ2v) is 11.9. The van der Waals surface area contributed by atoms with Crippen molar-refractivity contribution in [2.24, 2.45) is 35.3 Å². The average Bonchev–Trinajstić information content (AvgIpc) is 3.90. The number of aliphatic imine (C=N–C) groups is 1. The van der Waals surface area contributed by atoms with Gasteiger partial charge < -0.3 is 36.7 Å². The molecule has 1 saturated carbocycles. The molecule has 0 atom stereocenters. The van der Waals surface area contributed by atoms with Gasteiger partial charge in [-0.1, -0.05) is 37.3 Å². The lowest BCUT2D eigenvalue weighted by Crippen LogP contribution is -2.49. The van der Waals surface area contributed by atoms with Crippen molar-refractivity contribution < 1.29 is 14.3 Å². The highest BCUT2D eigenvalue weighted by Gasteiger charge is 2.30. The molecular weight excluding hydrogens is 608 g/mol. The highest BCUT2D eigenvalue weighted by Crippen LogP contribution is 2.36. The summed E-state index contributed by atoms with van der Waals surface area (Å²) in [6.45, 7) is 8.25. The lowest BCUT2D eigenvalue weighted by Gasteiger charge is -2.39. The van der Waals surface area contributed by atoms with Gasteiger partial charge >= 0.3 is 0 Å². The SMILES string of the molecule is CC/C=C/C(=C\N=C(C)C1CN(Cc2cccn(C)c2=O)C1)c1cccc(NC(/C=C(\N)NC(=O)C2CC2)=C(\C)N)c1OC.CNC=O. The first-order valence-electron chi connectivity index (χ1n) is 16.1. The van der Waals surface area contributed by atoms with E-state index in [9.17, 15) is 9.59 Å². The zero-order valence-corrected chi connectivity index (χ0v) is 28.9. The second-order valence-electron chi connectivity index (χ2n) is 11.9. The number of ether oxygens (including phenoxy) is 1. The first-order valence-corrected chi connectivity index (χ1v) is 16.1. The summed E-state index contributed by atoms with van der Waals surface area (Å²) in [6, 6.07) is 9.63. The predicted molar refractivity (Wildman–Crippen MR) is 193 cm³/mol. The van der Waals surface area contributed by atoms with E-state index in [4.69, 9.17) is 26.0 Å². The second kappa shape index (κ2) is 18.3. The normalized spacial score (nSPS) is 16.3. The Kier molecular flexibility index (Phi) is 14.2. The van der Waals surface area contributed by atoms with Gasteiger partial charge in [-0.15, -0.1) is 0 Å². The Bertz CT molecular complexity index is 1640. The summed E-state index contributed by atoms with van der Waals surface area (Å²) in [5.41, 5.74) is 17.7. The molecule has 1 aliphatic heterocycles. The standard InChI is InChI=1S/C34H45N7O3.C2H5NO/c1-6-7-10-25(18-37-23(3)27-20-41(21-27)19-26-11-9-16-40(4)34(26)43)28-12-8-13-29(32(28)44-5)38-30(22(2)35)17-31(36)39-33(42)24-14-15-24;1-3-2-4/h7-13,16-18,24,27,38H,6,14-15,19-21,35-36H2,1-5H3,(H,39,42);2H,1H3,(H,3,4)/b10-7+,25-18+,30-22+,31-17+,37-23?;. The van der Waals surface area contributed by atoms with Crippen LogP contribution in [-0.4, -0.2) is 54.7 Å². The Balaban J connectivity index is 0.00000148. The number of nitrogens with one attached hydrogen (secondary N) is 3. The van der Waals surface area contributed by atoms with Gasteiger partial charge in [0.05, 0.1) is 18.5 Å². The fraction of sp³-hybridized carbons (Fsp3) is 0.389. The molecule has 48 heavy (non-hydrogen) atoms. The zero-order chi connectivity index (χ0) is 35.2. The van der Waals surface area contributed by atoms with E-state index < -0.39 is 0 Å². The van der Waals surface area contributed by atoms with E-state index in [0.717, 1.165) is 54.8 Å². The molecule has 4 rings (SSSR count). The van der Waals surface area contributed by atoms with E-state index in [2.05, 4.69) is 40.8 Å². The van der Waals surface area contributed by atoms with Gasteiger partial charge in [-0.3, -0.25) is 24.3 Å². The number of allylic oxidation sites excluding steroid dienone is 5. The third kappa shape index (κ3) is 10.7. The molecule has 2 amide bonds. The third-order valence-corrected chi connectivity index (χ3v) is 7.94. The van der Waals surface area contributed by atoms with Crippen LogP contribution in [0.1, 0.15) is 51.2 Å². The maximum Gasteiger partial charge on any atom is 0.254 e. The molecule has 0 radical (unpaired) electrons. The fourth-order valence-electron chi connectivity index (χ4n) is 4.96. The summed E-state index contributed by atoms with van der Waals surface area (Å²) >= 11 is 0. The van der Waals surface area contributed by atoms with Crippen molar-refractivity contribution in [2.75, 3.05) is 32.6 Å². The molecule has 258 valence electrons. The first-order chi connectivity index (χ1) is 23.0. The van der Waals surface area contributed by atoms with E-state index in [1.807, 2.05) is 42.6 Å². The van der Waals surface area contributed by atoms with Crippen LogP contribution in [0.15, 0.2) is 88.0 Å². The summed E-state index contributed by atoms with van der Waals surface area (Å²) < 4.78 is 7.51. The third-order valence-electron chi connectivity index (χ3n) is 7.94. The number of amides is 2. The molecule has 1 aromatic heterocycles. The number of rotatable bonds is 14. The van der Waals surface area contributed by atoms with Gasteiger partial charge in [-0.2, -0.15) is 0 Å². The van der Waals surface area contributed by atoms with E-state index >= 15 is 0 Å². The maximum absolute atomic E-state index is 12.4. The number of carbonyl (C=O) groups is 2. The Morgan fingerprint density at radius 2 is 1.83 bits per heavy atom. The van der Waals surface area contributed by atoms with Crippen LogP contribution >= 0.6 is 0 Å². The van der Waals surface area contributed by atoms with Gasteiger partial charge in [-0.05, 0) is 45.2 Å². The van der Waals surface area contributed by atoms with Crippen molar-refractivity contribution in [1.82, 2.24) is 20.1 Å². The smallest absolute Gasteiger partial charge is 0.254 e. The first kappa shape index (κ1) is 37.4. The summed E-state index contributed by atoms with van der Waals surface area (Å²) in [5, 5.41) is 8.34. The van der Waals surface area contributed by atoms with E-state index in [0.29, 0.717) is 41.7 Å². The number of likely N-dealkylation sites (tertiary alicyclic amines) is 1. The van der Waals surface area contributed by atoms with Crippen molar-refractivity contribution in [3.05, 3.63) is 99.7 Å². The molecule has 2 aromatic rings. The van der Waals surface area contributed by atoms with Gasteiger partial charge in [0, 0.05) is 92.1 Å². The largest absolute Gasteiger partial charge is 0.494 e. The molecule has 1 aromatic carbocycles. The lowest BCUT2D eigenvalue weighted by molar-refractivity contribution is -0.121. The lowest BCUT2D eigenvalue weighted by atomic mass is 9.94. The number of pyridine rings is 1. The van der Waals surface area contributed by atoms with E-state index in [-0.39, 0.29) is 23.2 Å². The number of nitrogens with two attached hydrogens (primary N) is 2. The molecule has 12 nitrogen and oxygen atoms in total. The van der Waals surface area contributed by atoms with Crippen LogP contribution in [0.4, 0.5) is 5.69 Å². The number of nitrogens with zero attached hydrogens (tertiary/aromatic N) is 3. The Labute approximate surface area is 283 Å². The molecule has 0 spiro atoms. The highest BCUT2D eigenvalue weighted by molar-refractivity contribution is 5.88. The van der Waals surface area contributed by atoms with E-state index in [1.165, 1.54) is 0 Å². The number of hydrogen-bond acceptors (Lipinski definition) is 9. The molecule has 12 heteroatoms. The number of methoxy groups -OCH3 is 1. The van der Waals surface area contributed by atoms with Crippen LogP contribution in [0.2, 0.25) is 0 Å². The molecular formula is C36H50N8O4. The fourth-order valence-corrected chi connectivity index (χ4v) is 4.96. The van der Waals surface area contributed by atoms with Crippen LogP contribution in [0.3, 0.4) is 0 Å². The minimum absolute atomic E-state index is 0.0406. The van der Waals surface area contributed by atoms with Crippen LogP contribution in [0.25, 0.3) is 5.57 Å². The Morgan fingerprint density at radius 1 is 1.12 bits per heavy atom. The quantitative estimate of drug-likeness (QED) is 0.117. The minimum atomic E-state index is -0.0720. The Hall–Kier alpha value is -5.10. The number of para-hydroxylation sites is 1. The molecule has 1 saturated heterocycles. The van der Waals surface area contributed by atoms with Crippen molar-refractivity contribution in [1.29, 1.82) is 0 Å². The number of aryl methyl sites for hydroxylation is 1. The van der Waals surface area contributed by atoms with Gasteiger partial charge in [0.15, 0.2) is 0 Å². The summed E-state index contributed by atoms with van der Waals surface area (Å²) in [4.78, 5) is 40.7.